The van der Waals surface area contributed by atoms with Gasteiger partial charge in [0.05, 0.1) is 23.7 Å². The molecule has 0 radical (unpaired) electrons. The average molecular weight is 457 g/mol. The minimum absolute atomic E-state index is 0.0817. The highest BCUT2D eigenvalue weighted by Crippen LogP contribution is 2.38. The van der Waals surface area contributed by atoms with E-state index in [1.807, 2.05) is 4.90 Å². The summed E-state index contributed by atoms with van der Waals surface area (Å²) in [4.78, 5) is 27.1. The molecule has 8 nitrogen and oxygen atoms in total. The van der Waals surface area contributed by atoms with E-state index in [0.717, 1.165) is 25.0 Å². The van der Waals surface area contributed by atoms with E-state index in [1.54, 1.807) is 4.90 Å². The molecule has 3 saturated heterocycles. The molecule has 176 valence electrons. The molecule has 32 heavy (non-hydrogen) atoms. The standard InChI is InChI=1S/C21H26F3N3O5/c22-21(23,24)16-1-2-17(18(13-16)27(29)30)25-7-3-14(4-8-25)19(28)26-9-5-15(6-10-26)20-31-11-12-32-20/h1-2,13-15,20H,3-12H2. The van der Waals surface area contributed by atoms with Gasteiger partial charge in [-0.1, -0.05) is 0 Å². The van der Waals surface area contributed by atoms with Crippen LogP contribution in [0.15, 0.2) is 18.2 Å². The molecule has 3 aliphatic rings. The number of benzene rings is 1. The summed E-state index contributed by atoms with van der Waals surface area (Å²) >= 11 is 0. The molecule has 0 aliphatic carbocycles. The van der Waals surface area contributed by atoms with Crippen LogP contribution in [0.4, 0.5) is 24.5 Å². The van der Waals surface area contributed by atoms with Crippen LogP contribution < -0.4 is 4.90 Å². The van der Waals surface area contributed by atoms with E-state index < -0.39 is 22.4 Å². The highest BCUT2D eigenvalue weighted by molar-refractivity contribution is 5.79. The molecular weight excluding hydrogens is 431 g/mol. The molecule has 3 fully saturated rings. The molecule has 11 heteroatoms. The van der Waals surface area contributed by atoms with Crippen molar-refractivity contribution in [1.29, 1.82) is 0 Å². The first-order valence-electron chi connectivity index (χ1n) is 10.9. The summed E-state index contributed by atoms with van der Waals surface area (Å²) in [6, 6.07) is 2.59. The molecule has 1 aromatic carbocycles. The zero-order chi connectivity index (χ0) is 22.9. The Labute approximate surface area is 183 Å². The normalized spacial score (nSPS) is 21.8. The van der Waals surface area contributed by atoms with Crippen LogP contribution in [0, 0.1) is 22.0 Å². The largest absolute Gasteiger partial charge is 0.416 e. The Morgan fingerprint density at radius 1 is 1.03 bits per heavy atom. The number of ether oxygens (including phenoxy) is 2. The van der Waals surface area contributed by atoms with E-state index in [9.17, 15) is 28.1 Å². The number of hydrogen-bond donors (Lipinski definition) is 0. The second-order valence-electron chi connectivity index (χ2n) is 8.49. The Balaban J connectivity index is 1.34. The molecule has 0 unspecified atom stereocenters. The summed E-state index contributed by atoms with van der Waals surface area (Å²) in [5.41, 5.74) is -1.45. The van der Waals surface area contributed by atoms with E-state index in [0.29, 0.717) is 64.2 Å². The lowest BCUT2D eigenvalue weighted by Gasteiger charge is -2.38. The van der Waals surface area contributed by atoms with Gasteiger partial charge in [-0.3, -0.25) is 14.9 Å². The van der Waals surface area contributed by atoms with Gasteiger partial charge in [-0.15, -0.1) is 0 Å². The molecule has 0 aromatic heterocycles. The van der Waals surface area contributed by atoms with Gasteiger partial charge in [0, 0.05) is 44.1 Å². The van der Waals surface area contributed by atoms with Gasteiger partial charge in [-0.05, 0) is 37.8 Å². The van der Waals surface area contributed by atoms with Gasteiger partial charge in [0.25, 0.3) is 5.69 Å². The van der Waals surface area contributed by atoms with Crippen LogP contribution in [0.1, 0.15) is 31.2 Å². The van der Waals surface area contributed by atoms with Gasteiger partial charge in [0.1, 0.15) is 5.69 Å². The third-order valence-electron chi connectivity index (χ3n) is 6.57. The van der Waals surface area contributed by atoms with E-state index in [1.165, 1.54) is 0 Å². The minimum atomic E-state index is -4.65. The second-order valence-corrected chi connectivity index (χ2v) is 8.49. The first kappa shape index (κ1) is 22.8. The summed E-state index contributed by atoms with van der Waals surface area (Å²) < 4.78 is 50.0. The number of hydrogen-bond acceptors (Lipinski definition) is 6. The van der Waals surface area contributed by atoms with E-state index in [2.05, 4.69) is 0 Å². The lowest BCUT2D eigenvalue weighted by Crippen LogP contribution is -2.46. The van der Waals surface area contributed by atoms with Crippen LogP contribution in [-0.2, 0) is 20.4 Å². The fraction of sp³-hybridized carbons (Fsp3) is 0.667. The second kappa shape index (κ2) is 9.22. The van der Waals surface area contributed by atoms with Crippen molar-refractivity contribution in [3.8, 4) is 0 Å². The molecule has 1 amide bonds. The van der Waals surface area contributed by atoms with Crippen LogP contribution in [0.25, 0.3) is 0 Å². The first-order valence-corrected chi connectivity index (χ1v) is 10.9. The number of anilines is 1. The quantitative estimate of drug-likeness (QED) is 0.509. The van der Waals surface area contributed by atoms with Gasteiger partial charge < -0.3 is 19.3 Å². The van der Waals surface area contributed by atoms with Crippen molar-refractivity contribution in [1.82, 2.24) is 4.90 Å². The fourth-order valence-corrected chi connectivity index (χ4v) is 4.78. The molecule has 0 N–H and O–H groups in total. The number of piperidine rings is 2. The van der Waals surface area contributed by atoms with Gasteiger partial charge in [0.2, 0.25) is 5.91 Å². The Morgan fingerprint density at radius 3 is 2.22 bits per heavy atom. The van der Waals surface area contributed by atoms with Crippen molar-refractivity contribution in [3.63, 3.8) is 0 Å². The van der Waals surface area contributed by atoms with Crippen molar-refractivity contribution < 1.29 is 32.4 Å². The molecule has 0 atom stereocenters. The molecule has 0 saturated carbocycles. The SMILES string of the molecule is O=C(C1CCN(c2ccc(C(F)(F)F)cc2[N+](=O)[O-])CC1)N1CCC(C2OCCO2)CC1. The summed E-state index contributed by atoms with van der Waals surface area (Å²) in [6.45, 7) is 3.28. The summed E-state index contributed by atoms with van der Waals surface area (Å²) in [7, 11) is 0. The van der Waals surface area contributed by atoms with Crippen LogP contribution >= 0.6 is 0 Å². The van der Waals surface area contributed by atoms with E-state index in [-0.39, 0.29) is 23.8 Å². The molecule has 3 aliphatic heterocycles. The molecule has 0 bridgehead atoms. The molecular formula is C21H26F3N3O5. The number of nitro groups is 1. The predicted octanol–water partition coefficient (Wildman–Crippen LogP) is 3.44. The number of rotatable bonds is 4. The van der Waals surface area contributed by atoms with Crippen molar-refractivity contribution >= 4 is 17.3 Å². The third-order valence-corrected chi connectivity index (χ3v) is 6.57. The van der Waals surface area contributed by atoms with Gasteiger partial charge in [0.15, 0.2) is 6.29 Å². The van der Waals surface area contributed by atoms with Crippen molar-refractivity contribution in [3.05, 3.63) is 33.9 Å². The lowest BCUT2D eigenvalue weighted by atomic mass is 9.91. The molecule has 1 aromatic rings. The van der Waals surface area contributed by atoms with Gasteiger partial charge in [-0.2, -0.15) is 13.2 Å². The Bertz CT molecular complexity index is 844. The summed E-state index contributed by atoms with van der Waals surface area (Å²) in [6.07, 6.45) is -2.15. The number of nitrogens with zero attached hydrogens (tertiary/aromatic N) is 3. The zero-order valence-electron chi connectivity index (χ0n) is 17.6. The smallest absolute Gasteiger partial charge is 0.366 e. The number of amides is 1. The Morgan fingerprint density at radius 2 is 1.66 bits per heavy atom. The third kappa shape index (κ3) is 4.83. The number of halogens is 3. The topological polar surface area (TPSA) is 85.2 Å². The highest BCUT2D eigenvalue weighted by Gasteiger charge is 2.37. The maximum Gasteiger partial charge on any atom is 0.416 e. The van der Waals surface area contributed by atoms with Crippen LogP contribution in [0.2, 0.25) is 0 Å². The first-order chi connectivity index (χ1) is 15.2. The summed E-state index contributed by atoms with van der Waals surface area (Å²) in [5.74, 6) is 0.192. The molecule has 3 heterocycles. The van der Waals surface area contributed by atoms with Gasteiger partial charge in [-0.25, -0.2) is 0 Å². The van der Waals surface area contributed by atoms with Crippen LogP contribution in [0.5, 0.6) is 0 Å². The maximum atomic E-state index is 13.0. The number of carbonyl (C=O) groups is 1. The monoisotopic (exact) mass is 457 g/mol. The number of likely N-dealkylation sites (tertiary alicyclic amines) is 1. The Hall–Kier alpha value is -2.40. The maximum absolute atomic E-state index is 13.0. The zero-order valence-corrected chi connectivity index (χ0v) is 17.6. The van der Waals surface area contributed by atoms with E-state index >= 15 is 0 Å². The number of carbonyl (C=O) groups excluding carboxylic acids is 1. The Kier molecular flexibility index (Phi) is 6.57. The fourth-order valence-electron chi connectivity index (χ4n) is 4.78. The predicted molar refractivity (Wildman–Crippen MR) is 108 cm³/mol. The average Bonchev–Trinajstić information content (AvgIpc) is 3.33. The van der Waals surface area contributed by atoms with Crippen molar-refractivity contribution in [2.45, 2.75) is 38.1 Å². The van der Waals surface area contributed by atoms with Crippen molar-refractivity contribution in [2.24, 2.45) is 11.8 Å². The number of alkyl halides is 3. The van der Waals surface area contributed by atoms with Crippen LogP contribution in [-0.4, -0.2) is 61.4 Å². The summed E-state index contributed by atoms with van der Waals surface area (Å²) in [5, 5.41) is 11.4. The van der Waals surface area contributed by atoms with Crippen LogP contribution in [0.3, 0.4) is 0 Å². The van der Waals surface area contributed by atoms with Gasteiger partial charge >= 0.3 is 6.18 Å². The van der Waals surface area contributed by atoms with E-state index in [4.69, 9.17) is 9.47 Å². The number of nitro benzene ring substituents is 1. The molecule has 4 rings (SSSR count). The lowest BCUT2D eigenvalue weighted by molar-refractivity contribution is -0.384. The van der Waals surface area contributed by atoms with Crippen molar-refractivity contribution in [2.75, 3.05) is 44.3 Å². The minimum Gasteiger partial charge on any atom is -0.366 e. The highest BCUT2D eigenvalue weighted by atomic mass is 19.4. The molecule has 0 spiro atoms.